The zero-order valence-electron chi connectivity index (χ0n) is 12.9. The predicted molar refractivity (Wildman–Crippen MR) is 85.6 cm³/mol. The van der Waals surface area contributed by atoms with Crippen LogP contribution in [-0.4, -0.2) is 40.5 Å². The fraction of sp³-hybridized carbons (Fsp3) is 0.312. The molecule has 6 nitrogen and oxygen atoms in total. The summed E-state index contributed by atoms with van der Waals surface area (Å²) in [7, 11) is 0. The number of H-pyrrole nitrogens is 1. The molecule has 2 heterocycles. The summed E-state index contributed by atoms with van der Waals surface area (Å²) in [6.45, 7) is 2.65. The van der Waals surface area contributed by atoms with Gasteiger partial charge in [0.25, 0.3) is 11.5 Å². The van der Waals surface area contributed by atoms with Gasteiger partial charge in [-0.15, -0.1) is 0 Å². The topological polar surface area (TPSA) is 75.3 Å². The molecular weight excluding hydrogens is 337 g/mol. The number of carbonyl (C=O) groups excluding carboxylic acids is 1. The van der Waals surface area contributed by atoms with Gasteiger partial charge in [0.2, 0.25) is 0 Å². The van der Waals surface area contributed by atoms with Crippen LogP contribution < -0.4 is 5.56 Å². The van der Waals surface area contributed by atoms with Crippen molar-refractivity contribution in [3.8, 4) is 0 Å². The number of aromatic amines is 1. The van der Waals surface area contributed by atoms with Crippen LogP contribution in [0.25, 0.3) is 0 Å². The van der Waals surface area contributed by atoms with Gasteiger partial charge in [-0.05, 0) is 25.1 Å². The van der Waals surface area contributed by atoms with Crippen LogP contribution in [0, 0.1) is 12.7 Å². The summed E-state index contributed by atoms with van der Waals surface area (Å²) >= 11 is 5.74. The molecule has 0 bridgehead atoms. The summed E-state index contributed by atoms with van der Waals surface area (Å²) in [5, 5.41) is -0.102. The van der Waals surface area contributed by atoms with Crippen molar-refractivity contribution < 1.29 is 13.9 Å². The Hall–Kier alpha value is -2.25. The molecule has 1 aromatic carbocycles. The van der Waals surface area contributed by atoms with E-state index in [1.807, 2.05) is 0 Å². The van der Waals surface area contributed by atoms with Crippen molar-refractivity contribution in [1.82, 2.24) is 14.9 Å². The van der Waals surface area contributed by atoms with Gasteiger partial charge in [-0.2, -0.15) is 0 Å². The highest BCUT2D eigenvalue weighted by Gasteiger charge is 2.28. The Kier molecular flexibility index (Phi) is 4.64. The highest BCUT2D eigenvalue weighted by molar-refractivity contribution is 6.31. The molecule has 1 aromatic heterocycles. The molecule has 1 atom stereocenters. The van der Waals surface area contributed by atoms with Crippen molar-refractivity contribution in [3.63, 3.8) is 0 Å². The third-order valence-electron chi connectivity index (χ3n) is 3.71. The van der Waals surface area contributed by atoms with E-state index in [9.17, 15) is 14.0 Å². The van der Waals surface area contributed by atoms with E-state index in [0.717, 1.165) is 6.07 Å². The number of nitrogens with zero attached hydrogens (tertiary/aromatic N) is 2. The number of aromatic nitrogens is 2. The molecule has 1 fully saturated rings. The molecule has 0 radical (unpaired) electrons. The van der Waals surface area contributed by atoms with E-state index in [0.29, 0.717) is 30.2 Å². The number of nitrogens with one attached hydrogen (secondary N) is 1. The van der Waals surface area contributed by atoms with Gasteiger partial charge in [0, 0.05) is 23.9 Å². The van der Waals surface area contributed by atoms with Crippen LogP contribution in [0.5, 0.6) is 0 Å². The van der Waals surface area contributed by atoms with Crippen LogP contribution in [0.2, 0.25) is 5.02 Å². The zero-order chi connectivity index (χ0) is 17.3. The summed E-state index contributed by atoms with van der Waals surface area (Å²) in [6, 6.07) is 5.24. The maximum atomic E-state index is 13.2. The number of aryl methyl sites for hydroxylation is 1. The minimum Gasteiger partial charge on any atom is -0.367 e. The molecule has 8 heteroatoms. The minimum absolute atomic E-state index is 0.102. The third-order valence-corrected chi connectivity index (χ3v) is 4.00. The van der Waals surface area contributed by atoms with Crippen LogP contribution in [0.3, 0.4) is 0 Å². The summed E-state index contributed by atoms with van der Waals surface area (Å²) in [5.41, 5.74) is 0.605. The molecule has 0 spiro atoms. The molecule has 1 saturated heterocycles. The molecule has 0 aliphatic carbocycles. The van der Waals surface area contributed by atoms with E-state index >= 15 is 0 Å². The highest BCUT2D eigenvalue weighted by Crippen LogP contribution is 2.22. The molecule has 2 aromatic rings. The van der Waals surface area contributed by atoms with Crippen molar-refractivity contribution in [2.75, 3.05) is 19.7 Å². The Bertz CT molecular complexity index is 840. The molecule has 1 amide bonds. The quantitative estimate of drug-likeness (QED) is 0.899. The number of morpholine rings is 1. The summed E-state index contributed by atoms with van der Waals surface area (Å²) in [4.78, 5) is 32.6. The number of amides is 1. The molecule has 24 heavy (non-hydrogen) atoms. The lowest BCUT2D eigenvalue weighted by Gasteiger charge is -2.32. The van der Waals surface area contributed by atoms with Gasteiger partial charge < -0.3 is 14.6 Å². The Morgan fingerprint density at radius 2 is 2.25 bits per heavy atom. The lowest BCUT2D eigenvalue weighted by atomic mass is 10.1. The van der Waals surface area contributed by atoms with Gasteiger partial charge in [0.15, 0.2) is 0 Å². The summed E-state index contributed by atoms with van der Waals surface area (Å²) in [5.74, 6) is -0.468. The first-order chi connectivity index (χ1) is 11.4. The Morgan fingerprint density at radius 3 is 2.96 bits per heavy atom. The number of carbonyl (C=O) groups is 1. The average Bonchev–Trinajstić information content (AvgIpc) is 2.56. The fourth-order valence-corrected chi connectivity index (χ4v) is 2.75. The largest absolute Gasteiger partial charge is 0.367 e. The van der Waals surface area contributed by atoms with Crippen LogP contribution in [0.4, 0.5) is 4.39 Å². The van der Waals surface area contributed by atoms with Crippen LogP contribution in [-0.2, 0) is 4.74 Å². The first kappa shape index (κ1) is 16.6. The smallest absolute Gasteiger partial charge is 0.254 e. The van der Waals surface area contributed by atoms with Crippen molar-refractivity contribution in [3.05, 3.63) is 62.5 Å². The van der Waals surface area contributed by atoms with Crippen molar-refractivity contribution in [2.45, 2.75) is 13.0 Å². The van der Waals surface area contributed by atoms with E-state index in [1.165, 1.54) is 18.2 Å². The molecule has 1 N–H and O–H groups in total. The van der Waals surface area contributed by atoms with Gasteiger partial charge in [-0.1, -0.05) is 11.6 Å². The van der Waals surface area contributed by atoms with Crippen LogP contribution >= 0.6 is 11.6 Å². The second kappa shape index (κ2) is 6.70. The SMILES string of the molecule is Cc1cc(=O)[nH]c(C2CN(C(=O)c3ccc(F)c(Cl)c3)CCO2)n1. The minimum atomic E-state index is -0.574. The van der Waals surface area contributed by atoms with Gasteiger partial charge in [0.05, 0.1) is 18.2 Å². The van der Waals surface area contributed by atoms with Gasteiger partial charge in [-0.3, -0.25) is 9.59 Å². The Morgan fingerprint density at radius 1 is 1.46 bits per heavy atom. The molecule has 0 saturated carbocycles. The van der Waals surface area contributed by atoms with Crippen molar-refractivity contribution in [2.24, 2.45) is 0 Å². The van der Waals surface area contributed by atoms with E-state index in [1.54, 1.807) is 11.8 Å². The zero-order valence-corrected chi connectivity index (χ0v) is 13.6. The van der Waals surface area contributed by atoms with Crippen molar-refractivity contribution in [1.29, 1.82) is 0 Å². The molecular formula is C16H15ClFN3O3. The fourth-order valence-electron chi connectivity index (χ4n) is 2.57. The maximum absolute atomic E-state index is 13.2. The first-order valence-corrected chi connectivity index (χ1v) is 7.75. The van der Waals surface area contributed by atoms with Gasteiger partial charge >= 0.3 is 0 Å². The van der Waals surface area contributed by atoms with Crippen molar-refractivity contribution >= 4 is 17.5 Å². The molecule has 3 rings (SSSR count). The standard InChI is InChI=1S/C16H15ClFN3O3/c1-9-6-14(22)20-15(19-9)13-8-21(4-5-24-13)16(23)10-2-3-12(18)11(17)7-10/h2-3,6-7,13H,4-5,8H2,1H3,(H,19,20,22). The lowest BCUT2D eigenvalue weighted by molar-refractivity contribution is -0.0269. The number of benzene rings is 1. The normalized spacial score (nSPS) is 17.8. The summed E-state index contributed by atoms with van der Waals surface area (Å²) < 4.78 is 18.9. The molecule has 126 valence electrons. The molecule has 1 unspecified atom stereocenters. The number of halogens is 2. The third kappa shape index (κ3) is 3.47. The second-order valence-corrected chi connectivity index (χ2v) is 5.92. The lowest BCUT2D eigenvalue weighted by Crippen LogP contribution is -2.43. The Labute approximate surface area is 142 Å². The van der Waals surface area contributed by atoms with Gasteiger partial charge in [0.1, 0.15) is 17.7 Å². The maximum Gasteiger partial charge on any atom is 0.254 e. The predicted octanol–water partition coefficient (Wildman–Crippen LogP) is 2.08. The molecule has 1 aliphatic heterocycles. The number of ether oxygens (including phenoxy) is 1. The van der Waals surface area contributed by atoms with E-state index in [4.69, 9.17) is 16.3 Å². The van der Waals surface area contributed by atoms with E-state index in [2.05, 4.69) is 9.97 Å². The number of hydrogen-bond acceptors (Lipinski definition) is 4. The van der Waals surface area contributed by atoms with Gasteiger partial charge in [-0.25, -0.2) is 9.37 Å². The van der Waals surface area contributed by atoms with Crippen LogP contribution in [0.15, 0.2) is 29.1 Å². The first-order valence-electron chi connectivity index (χ1n) is 7.38. The summed E-state index contributed by atoms with van der Waals surface area (Å²) in [6.07, 6.45) is -0.522. The van der Waals surface area contributed by atoms with E-state index < -0.39 is 11.9 Å². The second-order valence-electron chi connectivity index (χ2n) is 5.51. The average molecular weight is 352 g/mol. The number of hydrogen-bond donors (Lipinski definition) is 1. The number of rotatable bonds is 2. The highest BCUT2D eigenvalue weighted by atomic mass is 35.5. The van der Waals surface area contributed by atoms with E-state index in [-0.39, 0.29) is 23.0 Å². The molecule has 1 aliphatic rings. The van der Waals surface area contributed by atoms with Crippen LogP contribution in [0.1, 0.15) is 28.0 Å². The monoisotopic (exact) mass is 351 g/mol. The Balaban J connectivity index is 1.81.